The van der Waals surface area contributed by atoms with Crippen molar-refractivity contribution in [2.45, 2.75) is 0 Å². The Labute approximate surface area is 171 Å². The summed E-state index contributed by atoms with van der Waals surface area (Å²) in [6.45, 7) is 0. The van der Waals surface area contributed by atoms with Gasteiger partial charge in [-0.05, 0) is 54.6 Å². The second-order valence-corrected chi connectivity index (χ2v) is 7.11. The summed E-state index contributed by atoms with van der Waals surface area (Å²) in [5, 5.41) is 5.67. The van der Waals surface area contributed by atoms with Gasteiger partial charge in [-0.1, -0.05) is 12.1 Å². The molecule has 3 aromatic carbocycles. The van der Waals surface area contributed by atoms with Gasteiger partial charge < -0.3 is 15.4 Å². The van der Waals surface area contributed by atoms with E-state index >= 15 is 0 Å². The monoisotopic (exact) mass is 403 g/mol. The summed E-state index contributed by atoms with van der Waals surface area (Å²) in [5.74, 6) is 0.109. The van der Waals surface area contributed by atoms with E-state index in [0.717, 1.165) is 10.2 Å². The van der Waals surface area contributed by atoms with E-state index in [0.29, 0.717) is 28.3 Å². The molecule has 0 aliphatic carbocycles. The molecule has 0 saturated heterocycles. The molecule has 0 bridgehead atoms. The number of thiazole rings is 1. The molecule has 1 aromatic heterocycles. The number of nitrogens with zero attached hydrogens (tertiary/aromatic N) is 1. The Bertz CT molecular complexity index is 1190. The maximum absolute atomic E-state index is 12.5. The zero-order chi connectivity index (χ0) is 20.2. The van der Waals surface area contributed by atoms with Gasteiger partial charge in [0.15, 0.2) is 0 Å². The van der Waals surface area contributed by atoms with E-state index in [1.165, 1.54) is 11.3 Å². The fourth-order valence-electron chi connectivity index (χ4n) is 2.85. The molecule has 0 saturated carbocycles. The second kappa shape index (κ2) is 8.12. The fourth-order valence-corrected chi connectivity index (χ4v) is 3.56. The minimum Gasteiger partial charge on any atom is -0.495 e. The number of carbonyl (C=O) groups is 2. The predicted octanol–water partition coefficient (Wildman–Crippen LogP) is 4.81. The third-order valence-electron chi connectivity index (χ3n) is 4.35. The lowest BCUT2D eigenvalue weighted by Gasteiger charge is -2.10. The van der Waals surface area contributed by atoms with Crippen LogP contribution in [0.3, 0.4) is 0 Å². The van der Waals surface area contributed by atoms with Crippen molar-refractivity contribution in [1.82, 2.24) is 4.98 Å². The first-order valence-electron chi connectivity index (χ1n) is 8.83. The number of rotatable bonds is 5. The molecule has 1 heterocycles. The van der Waals surface area contributed by atoms with Gasteiger partial charge in [0, 0.05) is 16.8 Å². The standard InChI is InChI=1S/C22H17N3O3S/c1-28-19-5-3-2-4-17(19)25-21(26)14-6-9-16(10-7-14)24-22(27)15-8-11-18-20(12-15)29-13-23-18/h2-13H,1H3,(H,24,27)(H,25,26). The van der Waals surface area contributed by atoms with Gasteiger partial charge in [0.25, 0.3) is 11.8 Å². The van der Waals surface area contributed by atoms with Gasteiger partial charge in [0.1, 0.15) is 5.75 Å². The van der Waals surface area contributed by atoms with Gasteiger partial charge >= 0.3 is 0 Å². The van der Waals surface area contributed by atoms with Crippen molar-refractivity contribution in [2.24, 2.45) is 0 Å². The number of nitrogens with one attached hydrogen (secondary N) is 2. The Kier molecular flexibility index (Phi) is 5.22. The summed E-state index contributed by atoms with van der Waals surface area (Å²) in [7, 11) is 1.55. The predicted molar refractivity (Wildman–Crippen MR) is 115 cm³/mol. The summed E-state index contributed by atoms with van der Waals surface area (Å²) >= 11 is 1.49. The third kappa shape index (κ3) is 4.09. The van der Waals surface area contributed by atoms with E-state index in [-0.39, 0.29) is 11.8 Å². The maximum Gasteiger partial charge on any atom is 0.255 e. The van der Waals surface area contributed by atoms with Crippen LogP contribution < -0.4 is 15.4 Å². The van der Waals surface area contributed by atoms with E-state index in [1.54, 1.807) is 55.1 Å². The molecule has 7 heteroatoms. The Morgan fingerprint density at radius 3 is 2.41 bits per heavy atom. The summed E-state index contributed by atoms with van der Waals surface area (Å²) in [4.78, 5) is 29.2. The molecule has 29 heavy (non-hydrogen) atoms. The minimum atomic E-state index is -0.261. The smallest absolute Gasteiger partial charge is 0.255 e. The first-order valence-corrected chi connectivity index (χ1v) is 9.71. The van der Waals surface area contributed by atoms with Crippen LogP contribution in [0.5, 0.6) is 5.75 Å². The zero-order valence-corrected chi connectivity index (χ0v) is 16.3. The maximum atomic E-state index is 12.5. The van der Waals surface area contributed by atoms with Crippen LogP contribution in [0.1, 0.15) is 20.7 Å². The van der Waals surface area contributed by atoms with E-state index < -0.39 is 0 Å². The summed E-state index contributed by atoms with van der Waals surface area (Å²) < 4.78 is 6.20. The number of benzene rings is 3. The number of ether oxygens (including phenoxy) is 1. The highest BCUT2D eigenvalue weighted by Crippen LogP contribution is 2.24. The second-order valence-electron chi connectivity index (χ2n) is 6.22. The van der Waals surface area contributed by atoms with Gasteiger partial charge in [-0.2, -0.15) is 0 Å². The van der Waals surface area contributed by atoms with Gasteiger partial charge in [0.05, 0.1) is 28.5 Å². The van der Waals surface area contributed by atoms with Gasteiger partial charge in [0.2, 0.25) is 0 Å². The van der Waals surface area contributed by atoms with Crippen molar-refractivity contribution in [1.29, 1.82) is 0 Å². The number of methoxy groups -OCH3 is 1. The van der Waals surface area contributed by atoms with Gasteiger partial charge in [-0.3, -0.25) is 9.59 Å². The minimum absolute atomic E-state index is 0.216. The number of aromatic nitrogens is 1. The zero-order valence-electron chi connectivity index (χ0n) is 15.5. The van der Waals surface area contributed by atoms with Crippen molar-refractivity contribution in [3.05, 3.63) is 83.4 Å². The molecule has 0 aliphatic heterocycles. The quantitative estimate of drug-likeness (QED) is 0.501. The fraction of sp³-hybridized carbons (Fsp3) is 0.0455. The summed E-state index contributed by atoms with van der Waals surface area (Å²) in [5.41, 5.74) is 4.85. The lowest BCUT2D eigenvalue weighted by Crippen LogP contribution is -2.14. The van der Waals surface area contributed by atoms with E-state index in [2.05, 4.69) is 15.6 Å². The van der Waals surface area contributed by atoms with Crippen LogP contribution >= 0.6 is 11.3 Å². The summed E-state index contributed by atoms with van der Waals surface area (Å²) in [6, 6.07) is 19.3. The van der Waals surface area contributed by atoms with Crippen LogP contribution in [0.15, 0.2) is 72.2 Å². The SMILES string of the molecule is COc1ccccc1NC(=O)c1ccc(NC(=O)c2ccc3ncsc3c2)cc1. The highest BCUT2D eigenvalue weighted by atomic mass is 32.1. The number of anilines is 2. The number of para-hydroxylation sites is 2. The molecular weight excluding hydrogens is 386 g/mol. The van der Waals surface area contributed by atoms with Crippen LogP contribution in [0.4, 0.5) is 11.4 Å². The molecule has 0 aliphatic rings. The van der Waals surface area contributed by atoms with Gasteiger partial charge in [-0.15, -0.1) is 11.3 Å². The van der Waals surface area contributed by atoms with Crippen molar-refractivity contribution >= 4 is 44.7 Å². The van der Waals surface area contributed by atoms with Crippen LogP contribution in [0, 0.1) is 0 Å². The molecule has 4 rings (SSSR count). The van der Waals surface area contributed by atoms with Crippen molar-refractivity contribution in [3.63, 3.8) is 0 Å². The molecule has 2 amide bonds. The normalized spacial score (nSPS) is 10.5. The molecule has 4 aromatic rings. The lowest BCUT2D eigenvalue weighted by molar-refractivity contribution is 0.102. The van der Waals surface area contributed by atoms with Crippen LogP contribution in [0.2, 0.25) is 0 Å². The van der Waals surface area contributed by atoms with E-state index in [1.807, 2.05) is 24.3 Å². The topological polar surface area (TPSA) is 80.3 Å². The van der Waals surface area contributed by atoms with E-state index in [4.69, 9.17) is 4.74 Å². The van der Waals surface area contributed by atoms with Crippen molar-refractivity contribution in [3.8, 4) is 5.75 Å². The number of carbonyl (C=O) groups excluding carboxylic acids is 2. The molecule has 0 unspecified atom stereocenters. The molecular formula is C22H17N3O3S. The third-order valence-corrected chi connectivity index (χ3v) is 5.15. The molecule has 0 spiro atoms. The molecule has 0 radical (unpaired) electrons. The molecule has 0 atom stereocenters. The average Bonchev–Trinajstić information content (AvgIpc) is 3.22. The van der Waals surface area contributed by atoms with E-state index in [9.17, 15) is 9.59 Å². The molecule has 2 N–H and O–H groups in total. The first kappa shape index (κ1) is 18.6. The van der Waals surface area contributed by atoms with Crippen LogP contribution in [-0.2, 0) is 0 Å². The van der Waals surface area contributed by atoms with Crippen molar-refractivity contribution < 1.29 is 14.3 Å². The van der Waals surface area contributed by atoms with Crippen LogP contribution in [0.25, 0.3) is 10.2 Å². The largest absolute Gasteiger partial charge is 0.495 e. The Morgan fingerprint density at radius 1 is 0.897 bits per heavy atom. The Morgan fingerprint density at radius 2 is 1.62 bits per heavy atom. The number of fused-ring (bicyclic) bond motifs is 1. The molecule has 0 fully saturated rings. The molecule has 144 valence electrons. The first-order chi connectivity index (χ1) is 14.1. The molecule has 6 nitrogen and oxygen atoms in total. The summed E-state index contributed by atoms with van der Waals surface area (Å²) in [6.07, 6.45) is 0. The highest BCUT2D eigenvalue weighted by molar-refractivity contribution is 7.16. The average molecular weight is 403 g/mol. The lowest BCUT2D eigenvalue weighted by atomic mass is 10.1. The number of amides is 2. The Hall–Kier alpha value is -3.71. The Balaban J connectivity index is 1.44. The highest BCUT2D eigenvalue weighted by Gasteiger charge is 2.11. The van der Waals surface area contributed by atoms with Crippen molar-refractivity contribution in [2.75, 3.05) is 17.7 Å². The number of hydrogen-bond donors (Lipinski definition) is 2. The van der Waals surface area contributed by atoms with Crippen LogP contribution in [-0.4, -0.2) is 23.9 Å². The number of hydrogen-bond acceptors (Lipinski definition) is 5. The van der Waals surface area contributed by atoms with Gasteiger partial charge in [-0.25, -0.2) is 4.98 Å².